The molecule has 2 aromatic carbocycles. The summed E-state index contributed by atoms with van der Waals surface area (Å²) in [5, 5.41) is 11.6. The smallest absolute Gasteiger partial charge is 0.311 e. The molecular weight excluding hydrogens is 450 g/mol. The molecule has 0 saturated carbocycles. The van der Waals surface area contributed by atoms with Gasteiger partial charge in [-0.25, -0.2) is 4.68 Å². The van der Waals surface area contributed by atoms with Gasteiger partial charge in [-0.1, -0.05) is 25.1 Å². The Kier molecular flexibility index (Phi) is 7.59. The number of aromatic nitrogens is 4. The van der Waals surface area contributed by atoms with Crippen molar-refractivity contribution >= 4 is 17.6 Å². The summed E-state index contributed by atoms with van der Waals surface area (Å²) in [7, 11) is 3.16. The van der Waals surface area contributed by atoms with Gasteiger partial charge in [-0.15, -0.1) is 5.10 Å². The number of carbonyl (C=O) groups excluding carboxylic acids is 2. The first-order valence-corrected chi connectivity index (χ1v) is 11.6. The van der Waals surface area contributed by atoms with Crippen LogP contribution in [0.25, 0.3) is 0 Å². The van der Waals surface area contributed by atoms with Crippen molar-refractivity contribution in [1.82, 2.24) is 20.2 Å². The van der Waals surface area contributed by atoms with Crippen LogP contribution in [-0.4, -0.2) is 46.3 Å². The fourth-order valence-corrected chi connectivity index (χ4v) is 4.41. The molecule has 10 heteroatoms. The Bertz CT molecular complexity index is 1160. The lowest BCUT2D eigenvalue weighted by molar-refractivity contribution is -0.152. The third-order valence-electron chi connectivity index (χ3n) is 6.09. The molecule has 4 rings (SSSR count). The van der Waals surface area contributed by atoms with E-state index in [1.807, 2.05) is 43.3 Å². The van der Waals surface area contributed by atoms with E-state index in [-0.39, 0.29) is 18.9 Å². The summed E-state index contributed by atoms with van der Waals surface area (Å²) in [6.07, 6.45) is 1.42. The number of anilines is 1. The van der Waals surface area contributed by atoms with Crippen molar-refractivity contribution in [3.63, 3.8) is 0 Å². The highest BCUT2D eigenvalue weighted by molar-refractivity contribution is 5.97. The normalized spacial score (nSPS) is 17.8. The zero-order valence-electron chi connectivity index (χ0n) is 20.1. The van der Waals surface area contributed by atoms with Gasteiger partial charge in [0, 0.05) is 24.2 Å². The van der Waals surface area contributed by atoms with Crippen LogP contribution in [0.5, 0.6) is 11.5 Å². The van der Waals surface area contributed by atoms with Gasteiger partial charge in [0.15, 0.2) is 12.4 Å². The molecule has 2 unspecified atom stereocenters. The molecule has 10 nitrogen and oxygen atoms in total. The van der Waals surface area contributed by atoms with Crippen LogP contribution >= 0.6 is 0 Å². The predicted molar refractivity (Wildman–Crippen MR) is 127 cm³/mol. The van der Waals surface area contributed by atoms with Crippen molar-refractivity contribution in [1.29, 1.82) is 0 Å². The van der Waals surface area contributed by atoms with Crippen LogP contribution < -0.4 is 14.4 Å². The minimum Gasteiger partial charge on any atom is -0.497 e. The second kappa shape index (κ2) is 11.0. The van der Waals surface area contributed by atoms with E-state index in [9.17, 15) is 9.59 Å². The molecular formula is C25H29N5O5. The van der Waals surface area contributed by atoms with Gasteiger partial charge >= 0.3 is 5.97 Å². The molecule has 0 bridgehead atoms. The van der Waals surface area contributed by atoms with Crippen molar-refractivity contribution in [3.8, 4) is 11.5 Å². The predicted octanol–water partition coefficient (Wildman–Crippen LogP) is 3.33. The van der Waals surface area contributed by atoms with Gasteiger partial charge in [-0.3, -0.25) is 9.59 Å². The van der Waals surface area contributed by atoms with Gasteiger partial charge in [0.25, 0.3) is 0 Å². The number of esters is 1. The molecule has 1 aliphatic rings. The minimum atomic E-state index is -0.611. The van der Waals surface area contributed by atoms with Crippen LogP contribution in [0.15, 0.2) is 48.5 Å². The zero-order valence-corrected chi connectivity index (χ0v) is 20.1. The first-order chi connectivity index (χ1) is 17.1. The number of piperidine rings is 1. The fraction of sp³-hybridized carbons (Fsp3) is 0.400. The number of rotatable bonds is 9. The number of hydrogen-bond donors (Lipinski definition) is 0. The number of tetrazole rings is 1. The van der Waals surface area contributed by atoms with Crippen molar-refractivity contribution in [2.75, 3.05) is 19.1 Å². The number of ether oxygens (including phenoxy) is 3. The second-order valence-electron chi connectivity index (χ2n) is 8.22. The van der Waals surface area contributed by atoms with Gasteiger partial charge < -0.3 is 19.1 Å². The molecule has 0 aliphatic carbocycles. The Labute approximate surface area is 203 Å². The number of nitrogens with zero attached hydrogens (tertiary/aromatic N) is 5. The van der Waals surface area contributed by atoms with Crippen LogP contribution in [-0.2, 0) is 27.5 Å². The lowest BCUT2D eigenvalue weighted by Crippen LogP contribution is -2.46. The average Bonchev–Trinajstić information content (AvgIpc) is 3.34. The fourth-order valence-electron chi connectivity index (χ4n) is 4.41. The summed E-state index contributed by atoms with van der Waals surface area (Å²) < 4.78 is 18.2. The number of benzene rings is 2. The topological polar surface area (TPSA) is 109 Å². The molecule has 2 heterocycles. The number of para-hydroxylation sites is 1. The summed E-state index contributed by atoms with van der Waals surface area (Å²) in [4.78, 5) is 28.3. The van der Waals surface area contributed by atoms with E-state index < -0.39 is 17.9 Å². The van der Waals surface area contributed by atoms with E-state index in [4.69, 9.17) is 14.2 Å². The van der Waals surface area contributed by atoms with Gasteiger partial charge in [-0.2, -0.15) is 0 Å². The molecule has 2 atom stereocenters. The van der Waals surface area contributed by atoms with E-state index in [1.54, 1.807) is 35.9 Å². The summed E-state index contributed by atoms with van der Waals surface area (Å²) in [5.74, 6) is 0.637. The zero-order chi connectivity index (χ0) is 24.8. The first-order valence-electron chi connectivity index (χ1n) is 11.6. The van der Waals surface area contributed by atoms with Crippen LogP contribution in [0.2, 0.25) is 0 Å². The first kappa shape index (κ1) is 24.2. The highest BCUT2D eigenvalue weighted by Gasteiger charge is 2.43. The molecule has 0 N–H and O–H groups in total. The van der Waals surface area contributed by atoms with Crippen molar-refractivity contribution in [2.24, 2.45) is 5.92 Å². The monoisotopic (exact) mass is 479 g/mol. The maximum atomic E-state index is 13.4. The largest absolute Gasteiger partial charge is 0.497 e. The maximum absolute atomic E-state index is 13.4. The third-order valence-corrected chi connectivity index (χ3v) is 6.09. The number of carbonyl (C=O) groups is 2. The Morgan fingerprint density at radius 3 is 2.57 bits per heavy atom. The number of amides is 1. The molecule has 1 aromatic heterocycles. The average molecular weight is 480 g/mol. The van der Waals surface area contributed by atoms with Crippen LogP contribution in [0.1, 0.15) is 43.6 Å². The highest BCUT2D eigenvalue weighted by atomic mass is 16.5. The Morgan fingerprint density at radius 1 is 1.09 bits per heavy atom. The molecule has 0 radical (unpaired) electrons. The van der Waals surface area contributed by atoms with Gasteiger partial charge in [0.1, 0.15) is 11.5 Å². The molecule has 1 amide bonds. The van der Waals surface area contributed by atoms with Crippen LogP contribution in [0.4, 0.5) is 5.69 Å². The minimum absolute atomic E-state index is 0.0442. The summed E-state index contributed by atoms with van der Waals surface area (Å²) in [5.41, 5.74) is 1.40. The highest BCUT2D eigenvalue weighted by Crippen LogP contribution is 2.43. The number of aryl methyl sites for hydroxylation is 1. The van der Waals surface area contributed by atoms with Gasteiger partial charge in [-0.05, 0) is 53.6 Å². The van der Waals surface area contributed by atoms with E-state index in [1.165, 1.54) is 0 Å². The van der Waals surface area contributed by atoms with Crippen molar-refractivity contribution in [2.45, 2.75) is 45.4 Å². The van der Waals surface area contributed by atoms with E-state index in [0.29, 0.717) is 36.0 Å². The SMILES string of the molecule is CCCn1nnnc1COC(=O)C1CCC(=O)N(c2ccc(OC)cc2)C1c1ccccc1OC. The van der Waals surface area contributed by atoms with Crippen LogP contribution in [0, 0.1) is 5.92 Å². The summed E-state index contributed by atoms with van der Waals surface area (Å²) >= 11 is 0. The summed E-state index contributed by atoms with van der Waals surface area (Å²) in [6, 6.07) is 14.0. The van der Waals surface area contributed by atoms with E-state index in [2.05, 4.69) is 15.5 Å². The number of methoxy groups -OCH3 is 2. The molecule has 1 fully saturated rings. The molecule has 184 valence electrons. The molecule has 1 saturated heterocycles. The summed E-state index contributed by atoms with van der Waals surface area (Å²) in [6.45, 7) is 2.60. The van der Waals surface area contributed by atoms with Gasteiger partial charge in [0.05, 0.1) is 26.2 Å². The lowest BCUT2D eigenvalue weighted by atomic mass is 9.83. The van der Waals surface area contributed by atoms with E-state index >= 15 is 0 Å². The number of hydrogen-bond acceptors (Lipinski definition) is 8. The third kappa shape index (κ3) is 5.11. The molecule has 0 spiro atoms. The molecule has 1 aliphatic heterocycles. The lowest BCUT2D eigenvalue weighted by Gasteiger charge is -2.40. The quantitative estimate of drug-likeness (QED) is 0.430. The van der Waals surface area contributed by atoms with Crippen molar-refractivity contribution < 1.29 is 23.8 Å². The Hall–Kier alpha value is -3.95. The Balaban J connectivity index is 1.68. The molecule has 35 heavy (non-hydrogen) atoms. The van der Waals surface area contributed by atoms with Gasteiger partial charge in [0.2, 0.25) is 5.91 Å². The molecule has 3 aromatic rings. The van der Waals surface area contributed by atoms with Crippen molar-refractivity contribution in [3.05, 3.63) is 59.9 Å². The maximum Gasteiger partial charge on any atom is 0.311 e. The second-order valence-corrected chi connectivity index (χ2v) is 8.22. The Morgan fingerprint density at radius 2 is 1.86 bits per heavy atom. The standard InChI is InChI=1S/C25H29N5O5/c1-4-15-29-22(26-27-28-29)16-35-25(32)20-13-14-23(31)30(17-9-11-18(33-2)12-10-17)24(20)19-7-5-6-8-21(19)34-3/h5-12,20,24H,4,13-16H2,1-3H3. The van der Waals surface area contributed by atoms with E-state index in [0.717, 1.165) is 12.0 Å². The van der Waals surface area contributed by atoms with Crippen LogP contribution in [0.3, 0.4) is 0 Å².